The van der Waals surface area contributed by atoms with Crippen LogP contribution in [0.4, 0.5) is 5.13 Å². The molecule has 0 fully saturated rings. The summed E-state index contributed by atoms with van der Waals surface area (Å²) in [6.07, 6.45) is 2.38. The molecule has 0 saturated heterocycles. The second-order valence-electron chi connectivity index (χ2n) is 5.21. The fourth-order valence-electron chi connectivity index (χ4n) is 2.08. The molecule has 0 spiro atoms. The molecule has 0 aliphatic heterocycles. The summed E-state index contributed by atoms with van der Waals surface area (Å²) in [4.78, 5) is 16.3. The minimum Gasteiger partial charge on any atom is -0.309 e. The van der Waals surface area contributed by atoms with Crippen molar-refractivity contribution in [2.75, 3.05) is 5.32 Å². The highest BCUT2D eigenvalue weighted by atomic mass is 32.2. The molecule has 0 unspecified atom stereocenters. The van der Waals surface area contributed by atoms with Gasteiger partial charge in [-0.1, -0.05) is 42.1 Å². The second-order valence-corrected chi connectivity index (χ2v) is 7.41. The van der Waals surface area contributed by atoms with E-state index in [0.29, 0.717) is 11.6 Å². The highest BCUT2D eigenvalue weighted by Crippen LogP contribution is 2.23. The van der Waals surface area contributed by atoms with E-state index in [9.17, 15) is 4.79 Å². The Hall–Kier alpha value is -2.19. The Balaban J connectivity index is 1.64. The van der Waals surface area contributed by atoms with Crippen LogP contribution in [0.3, 0.4) is 0 Å². The Morgan fingerprint density at radius 3 is 2.83 bits per heavy atom. The van der Waals surface area contributed by atoms with Gasteiger partial charge in [0.05, 0.1) is 5.25 Å². The minimum atomic E-state index is -0.290. The van der Waals surface area contributed by atoms with E-state index < -0.39 is 0 Å². The van der Waals surface area contributed by atoms with Gasteiger partial charge in [-0.2, -0.15) is 0 Å². The fourth-order valence-corrected chi connectivity index (χ4v) is 3.45. The molecule has 0 saturated carbocycles. The monoisotopic (exact) mass is 359 g/mol. The van der Waals surface area contributed by atoms with Crippen LogP contribution in [-0.2, 0) is 18.3 Å². The summed E-state index contributed by atoms with van der Waals surface area (Å²) in [5.74, 6) is 0.777. The zero-order chi connectivity index (χ0) is 16.9. The zero-order valence-corrected chi connectivity index (χ0v) is 15.0. The van der Waals surface area contributed by atoms with Gasteiger partial charge in [-0.3, -0.25) is 4.79 Å². The van der Waals surface area contributed by atoms with Gasteiger partial charge in [-0.15, -0.1) is 21.5 Å². The number of hydrogen-bond acceptors (Lipinski definition) is 6. The van der Waals surface area contributed by atoms with E-state index in [0.717, 1.165) is 11.0 Å². The van der Waals surface area contributed by atoms with Gasteiger partial charge in [-0.25, -0.2) is 4.98 Å². The lowest BCUT2D eigenvalue weighted by atomic mass is 10.1. The molecule has 8 heteroatoms. The quantitative estimate of drug-likeness (QED) is 0.685. The standard InChI is InChI=1S/C16H17N5OS2/c1-11(14(22)18-15-17-8-9-23-15)24-16-20-19-13(21(16)2)10-12-6-4-3-5-7-12/h3-9,11H,10H2,1-2H3,(H,17,18,22)/t11-/m1/s1. The first-order valence-corrected chi connectivity index (χ1v) is 9.18. The summed E-state index contributed by atoms with van der Waals surface area (Å²) in [5.41, 5.74) is 1.18. The first-order chi connectivity index (χ1) is 11.6. The van der Waals surface area contributed by atoms with Gasteiger partial charge in [0.15, 0.2) is 10.3 Å². The largest absolute Gasteiger partial charge is 0.309 e. The molecule has 1 N–H and O–H groups in total. The van der Waals surface area contributed by atoms with Gasteiger partial charge < -0.3 is 9.88 Å². The van der Waals surface area contributed by atoms with Crippen molar-refractivity contribution in [3.63, 3.8) is 0 Å². The maximum absolute atomic E-state index is 12.2. The molecule has 0 radical (unpaired) electrons. The molecular formula is C16H17N5OS2. The van der Waals surface area contributed by atoms with Crippen LogP contribution in [0.2, 0.25) is 0 Å². The van der Waals surface area contributed by atoms with Crippen molar-refractivity contribution in [1.82, 2.24) is 19.7 Å². The lowest BCUT2D eigenvalue weighted by molar-refractivity contribution is -0.115. The van der Waals surface area contributed by atoms with Crippen molar-refractivity contribution in [3.8, 4) is 0 Å². The van der Waals surface area contributed by atoms with Crippen molar-refractivity contribution in [2.45, 2.75) is 23.8 Å². The number of nitrogens with one attached hydrogen (secondary N) is 1. The van der Waals surface area contributed by atoms with Gasteiger partial charge in [0.2, 0.25) is 5.91 Å². The molecule has 2 heterocycles. The number of carbonyl (C=O) groups is 1. The zero-order valence-electron chi connectivity index (χ0n) is 13.3. The lowest BCUT2D eigenvalue weighted by Gasteiger charge is -2.10. The van der Waals surface area contributed by atoms with Crippen LogP contribution in [0.15, 0.2) is 47.1 Å². The van der Waals surface area contributed by atoms with Crippen molar-refractivity contribution in [1.29, 1.82) is 0 Å². The van der Waals surface area contributed by atoms with Crippen LogP contribution in [0.5, 0.6) is 0 Å². The summed E-state index contributed by atoms with van der Waals surface area (Å²) in [5, 5.41) is 14.1. The van der Waals surface area contributed by atoms with Crippen LogP contribution in [-0.4, -0.2) is 30.9 Å². The van der Waals surface area contributed by atoms with Crippen molar-refractivity contribution < 1.29 is 4.79 Å². The molecule has 1 atom stereocenters. The predicted molar refractivity (Wildman–Crippen MR) is 96.3 cm³/mol. The van der Waals surface area contributed by atoms with Crippen LogP contribution < -0.4 is 5.32 Å². The Bertz CT molecular complexity index is 801. The molecular weight excluding hydrogens is 342 g/mol. The number of rotatable bonds is 6. The molecule has 24 heavy (non-hydrogen) atoms. The molecule has 6 nitrogen and oxygen atoms in total. The second kappa shape index (κ2) is 7.59. The molecule has 0 aliphatic carbocycles. The van der Waals surface area contributed by atoms with E-state index in [1.54, 1.807) is 6.20 Å². The van der Waals surface area contributed by atoms with E-state index >= 15 is 0 Å². The summed E-state index contributed by atoms with van der Waals surface area (Å²) < 4.78 is 1.94. The van der Waals surface area contributed by atoms with Gasteiger partial charge in [0.25, 0.3) is 0 Å². The number of thioether (sulfide) groups is 1. The molecule has 3 aromatic rings. The average molecular weight is 359 g/mol. The third-order valence-electron chi connectivity index (χ3n) is 3.44. The van der Waals surface area contributed by atoms with Crippen molar-refractivity contribution in [2.24, 2.45) is 7.05 Å². The van der Waals surface area contributed by atoms with Gasteiger partial charge in [-0.05, 0) is 12.5 Å². The van der Waals surface area contributed by atoms with E-state index in [4.69, 9.17) is 0 Å². The first kappa shape index (κ1) is 16.7. The topological polar surface area (TPSA) is 72.7 Å². The van der Waals surface area contributed by atoms with E-state index in [1.165, 1.54) is 28.7 Å². The smallest absolute Gasteiger partial charge is 0.239 e. The van der Waals surface area contributed by atoms with Gasteiger partial charge >= 0.3 is 0 Å². The third kappa shape index (κ3) is 4.01. The number of aromatic nitrogens is 4. The normalized spacial score (nSPS) is 12.1. The van der Waals surface area contributed by atoms with Crippen LogP contribution >= 0.6 is 23.1 Å². The van der Waals surface area contributed by atoms with E-state index in [-0.39, 0.29) is 11.2 Å². The molecule has 0 bridgehead atoms. The molecule has 1 aromatic carbocycles. The number of hydrogen-bond donors (Lipinski definition) is 1. The summed E-state index contributed by atoms with van der Waals surface area (Å²) in [6, 6.07) is 10.1. The van der Waals surface area contributed by atoms with Crippen LogP contribution in [0.1, 0.15) is 18.3 Å². The van der Waals surface area contributed by atoms with Crippen LogP contribution in [0, 0.1) is 0 Å². The summed E-state index contributed by atoms with van der Waals surface area (Å²) >= 11 is 2.78. The number of amides is 1. The maximum atomic E-state index is 12.2. The Morgan fingerprint density at radius 1 is 1.33 bits per heavy atom. The molecule has 0 aliphatic rings. The van der Waals surface area contributed by atoms with Crippen molar-refractivity contribution >= 4 is 34.1 Å². The fraction of sp³-hybridized carbons (Fsp3) is 0.250. The Labute approximate surface area is 148 Å². The first-order valence-electron chi connectivity index (χ1n) is 7.42. The van der Waals surface area contributed by atoms with E-state index in [2.05, 4.69) is 32.6 Å². The number of anilines is 1. The van der Waals surface area contributed by atoms with Gasteiger partial charge in [0, 0.05) is 25.0 Å². The van der Waals surface area contributed by atoms with Crippen molar-refractivity contribution in [3.05, 3.63) is 53.3 Å². The highest BCUT2D eigenvalue weighted by Gasteiger charge is 2.19. The highest BCUT2D eigenvalue weighted by molar-refractivity contribution is 8.00. The number of nitrogens with zero attached hydrogens (tertiary/aromatic N) is 4. The molecule has 2 aromatic heterocycles. The SMILES string of the molecule is C[C@@H](Sc1nnc(Cc2ccccc2)n1C)C(=O)Nc1nccs1. The van der Waals surface area contributed by atoms with E-state index in [1.807, 2.05) is 42.1 Å². The molecule has 3 rings (SSSR count). The Morgan fingerprint density at radius 2 is 2.12 bits per heavy atom. The Kier molecular flexibility index (Phi) is 5.27. The third-order valence-corrected chi connectivity index (χ3v) is 5.27. The van der Waals surface area contributed by atoms with Crippen LogP contribution in [0.25, 0.3) is 0 Å². The number of thiazole rings is 1. The average Bonchev–Trinajstić information content (AvgIpc) is 3.21. The molecule has 124 valence electrons. The lowest BCUT2D eigenvalue weighted by Crippen LogP contribution is -2.22. The molecule has 1 amide bonds. The maximum Gasteiger partial charge on any atom is 0.239 e. The summed E-state index contributed by atoms with van der Waals surface area (Å²) in [6.45, 7) is 1.85. The minimum absolute atomic E-state index is 0.0949. The number of carbonyl (C=O) groups excluding carboxylic acids is 1. The van der Waals surface area contributed by atoms with Gasteiger partial charge in [0.1, 0.15) is 5.82 Å². The summed E-state index contributed by atoms with van der Waals surface area (Å²) in [7, 11) is 1.92. The number of benzene rings is 1. The predicted octanol–water partition coefficient (Wildman–Crippen LogP) is 2.98.